The monoisotopic (exact) mass is 349 g/mol. The molecule has 0 saturated carbocycles. The van der Waals surface area contributed by atoms with E-state index in [9.17, 15) is 4.79 Å². The molecule has 0 unspecified atom stereocenters. The molecule has 1 saturated heterocycles. The zero-order valence-electron chi connectivity index (χ0n) is 13.8. The van der Waals surface area contributed by atoms with Crippen molar-refractivity contribution in [3.63, 3.8) is 0 Å². The van der Waals surface area contributed by atoms with E-state index >= 15 is 0 Å². The molecule has 0 radical (unpaired) electrons. The first-order valence-electron chi connectivity index (χ1n) is 7.83. The maximum absolute atomic E-state index is 12.6. The number of nitrogens with zero attached hydrogens (tertiary/aromatic N) is 2. The van der Waals surface area contributed by atoms with Crippen LogP contribution in [0.25, 0.3) is 0 Å². The first-order valence-corrected chi connectivity index (χ1v) is 9.87. The number of nitrogens with one attached hydrogen (secondary N) is 1. The molecular formula is C17H23N3OS2. The van der Waals surface area contributed by atoms with Crippen molar-refractivity contribution in [2.24, 2.45) is 5.92 Å². The van der Waals surface area contributed by atoms with E-state index in [1.807, 2.05) is 47.9 Å². The molecule has 0 aromatic heterocycles. The summed E-state index contributed by atoms with van der Waals surface area (Å²) in [5, 5.41) is 12.4. The third-order valence-corrected chi connectivity index (χ3v) is 6.65. The highest BCUT2D eigenvalue weighted by Gasteiger charge is 2.29. The molecule has 6 heteroatoms. The van der Waals surface area contributed by atoms with Gasteiger partial charge in [0.05, 0.1) is 17.7 Å². The van der Waals surface area contributed by atoms with E-state index in [-0.39, 0.29) is 18.0 Å². The van der Waals surface area contributed by atoms with Gasteiger partial charge in [0, 0.05) is 34.2 Å². The van der Waals surface area contributed by atoms with Gasteiger partial charge >= 0.3 is 6.03 Å². The lowest BCUT2D eigenvalue weighted by atomic mass is 10.2. The fourth-order valence-corrected chi connectivity index (χ4v) is 4.41. The number of hydrogen-bond donors (Lipinski definition) is 1. The Morgan fingerprint density at radius 3 is 3.00 bits per heavy atom. The number of urea groups is 1. The van der Waals surface area contributed by atoms with Gasteiger partial charge in [-0.25, -0.2) is 4.79 Å². The first-order chi connectivity index (χ1) is 11.0. The normalized spacial score (nSPS) is 22.3. The lowest BCUT2D eigenvalue weighted by Gasteiger charge is -2.37. The standard InChI is InChI=1S/C17H23N3OS2/c1-12(10-18)11-23-16-7-5-4-6-15(16)19-17(21)20-8-9-22-14(3)13(20)2/h4-7,12-14H,8-9,11H2,1-3H3,(H,19,21)/t12-,13+,14-/m1/s1. The van der Waals surface area contributed by atoms with Crippen molar-refractivity contribution < 1.29 is 4.79 Å². The van der Waals surface area contributed by atoms with Gasteiger partial charge in [-0.2, -0.15) is 17.0 Å². The topological polar surface area (TPSA) is 56.1 Å². The Morgan fingerprint density at radius 1 is 1.52 bits per heavy atom. The number of nitriles is 1. The summed E-state index contributed by atoms with van der Waals surface area (Å²) in [6, 6.07) is 10.2. The Morgan fingerprint density at radius 2 is 2.26 bits per heavy atom. The Kier molecular flexibility index (Phi) is 6.67. The van der Waals surface area contributed by atoms with Crippen molar-refractivity contribution >= 4 is 35.2 Å². The van der Waals surface area contributed by atoms with Crippen LogP contribution in [0.4, 0.5) is 10.5 Å². The van der Waals surface area contributed by atoms with Crippen LogP contribution in [0.1, 0.15) is 20.8 Å². The van der Waals surface area contributed by atoms with E-state index in [4.69, 9.17) is 5.26 Å². The minimum atomic E-state index is -0.0361. The maximum atomic E-state index is 12.6. The van der Waals surface area contributed by atoms with Crippen molar-refractivity contribution in [2.75, 3.05) is 23.4 Å². The van der Waals surface area contributed by atoms with Gasteiger partial charge in [-0.3, -0.25) is 0 Å². The summed E-state index contributed by atoms with van der Waals surface area (Å²) in [4.78, 5) is 15.5. The Balaban J connectivity index is 2.04. The third kappa shape index (κ3) is 4.82. The Bertz CT molecular complexity index is 587. The van der Waals surface area contributed by atoms with Crippen molar-refractivity contribution in [1.29, 1.82) is 5.26 Å². The summed E-state index contributed by atoms with van der Waals surface area (Å²) in [7, 11) is 0. The number of amides is 2. The molecule has 1 fully saturated rings. The SMILES string of the molecule is C[C@H](C#N)CSc1ccccc1NC(=O)N1CCS[C@H](C)[C@@H]1C. The number of carbonyl (C=O) groups is 1. The molecule has 1 N–H and O–H groups in total. The molecule has 2 rings (SSSR count). The molecule has 124 valence electrons. The van der Waals surface area contributed by atoms with E-state index in [1.54, 1.807) is 11.8 Å². The highest BCUT2D eigenvalue weighted by molar-refractivity contribution is 8.00. The van der Waals surface area contributed by atoms with Crippen LogP contribution in [-0.4, -0.2) is 40.3 Å². The Hall–Kier alpha value is -1.32. The van der Waals surface area contributed by atoms with Gasteiger partial charge in [-0.1, -0.05) is 19.1 Å². The Labute approximate surface area is 147 Å². The number of para-hydroxylation sites is 1. The van der Waals surface area contributed by atoms with Crippen LogP contribution in [0.3, 0.4) is 0 Å². The molecule has 0 aliphatic carbocycles. The number of thioether (sulfide) groups is 2. The van der Waals surface area contributed by atoms with Gasteiger partial charge in [-0.15, -0.1) is 11.8 Å². The fraction of sp³-hybridized carbons (Fsp3) is 0.529. The first kappa shape index (κ1) is 18.0. The van der Waals surface area contributed by atoms with Gasteiger partial charge in [0.15, 0.2) is 0 Å². The number of anilines is 1. The van der Waals surface area contributed by atoms with E-state index in [0.29, 0.717) is 5.25 Å². The average molecular weight is 350 g/mol. The van der Waals surface area contributed by atoms with Gasteiger partial charge in [0.2, 0.25) is 0 Å². The molecule has 1 aromatic rings. The molecule has 1 aliphatic heterocycles. The van der Waals surface area contributed by atoms with Crippen LogP contribution < -0.4 is 5.32 Å². The van der Waals surface area contributed by atoms with Crippen LogP contribution in [0.15, 0.2) is 29.2 Å². The number of carbonyl (C=O) groups excluding carboxylic acids is 1. The van der Waals surface area contributed by atoms with Gasteiger partial charge in [-0.05, 0) is 26.0 Å². The van der Waals surface area contributed by atoms with Gasteiger partial charge < -0.3 is 10.2 Å². The van der Waals surface area contributed by atoms with E-state index in [1.165, 1.54) is 0 Å². The number of rotatable bonds is 4. The second-order valence-corrected chi connectivity index (χ2v) is 8.32. The van der Waals surface area contributed by atoms with Gasteiger partial charge in [0.1, 0.15) is 0 Å². The molecule has 23 heavy (non-hydrogen) atoms. The molecule has 1 heterocycles. The largest absolute Gasteiger partial charge is 0.322 e. The van der Waals surface area contributed by atoms with Crippen molar-refractivity contribution in [3.8, 4) is 6.07 Å². The molecule has 4 nitrogen and oxygen atoms in total. The summed E-state index contributed by atoms with van der Waals surface area (Å²) in [6.07, 6.45) is 0. The maximum Gasteiger partial charge on any atom is 0.322 e. The molecular weight excluding hydrogens is 326 g/mol. The molecule has 0 bridgehead atoms. The van der Waals surface area contributed by atoms with E-state index in [0.717, 1.165) is 28.6 Å². The highest BCUT2D eigenvalue weighted by atomic mass is 32.2. The molecule has 0 spiro atoms. The molecule has 1 aromatic carbocycles. The van der Waals surface area contributed by atoms with Crippen molar-refractivity contribution in [1.82, 2.24) is 4.90 Å². The van der Waals surface area contributed by atoms with Crippen molar-refractivity contribution in [3.05, 3.63) is 24.3 Å². The molecule has 2 amide bonds. The second-order valence-electron chi connectivity index (χ2n) is 5.78. The second kappa shape index (κ2) is 8.51. The van der Waals surface area contributed by atoms with Crippen LogP contribution in [0.5, 0.6) is 0 Å². The smallest absolute Gasteiger partial charge is 0.320 e. The zero-order valence-corrected chi connectivity index (χ0v) is 15.4. The fourth-order valence-electron chi connectivity index (χ4n) is 2.35. The number of benzene rings is 1. The van der Waals surface area contributed by atoms with Gasteiger partial charge in [0.25, 0.3) is 0 Å². The average Bonchev–Trinajstić information content (AvgIpc) is 2.56. The number of hydrogen-bond acceptors (Lipinski definition) is 4. The highest BCUT2D eigenvalue weighted by Crippen LogP contribution is 2.30. The molecule has 3 atom stereocenters. The van der Waals surface area contributed by atoms with Crippen LogP contribution in [0.2, 0.25) is 0 Å². The summed E-state index contributed by atoms with van der Waals surface area (Å²) >= 11 is 3.52. The summed E-state index contributed by atoms with van der Waals surface area (Å²) in [6.45, 7) is 6.96. The summed E-state index contributed by atoms with van der Waals surface area (Å²) < 4.78 is 0. The van der Waals surface area contributed by atoms with E-state index < -0.39 is 0 Å². The predicted molar refractivity (Wildman–Crippen MR) is 99.0 cm³/mol. The minimum Gasteiger partial charge on any atom is -0.320 e. The predicted octanol–water partition coefficient (Wildman–Crippen LogP) is 4.30. The van der Waals surface area contributed by atoms with Crippen LogP contribution in [-0.2, 0) is 0 Å². The summed E-state index contributed by atoms with van der Waals surface area (Å²) in [5.74, 6) is 1.69. The lowest BCUT2D eigenvalue weighted by molar-refractivity contribution is 0.194. The van der Waals surface area contributed by atoms with Crippen LogP contribution in [0, 0.1) is 17.2 Å². The molecule has 1 aliphatic rings. The van der Waals surface area contributed by atoms with E-state index in [2.05, 4.69) is 25.2 Å². The quantitative estimate of drug-likeness (QED) is 0.824. The zero-order chi connectivity index (χ0) is 16.8. The lowest BCUT2D eigenvalue weighted by Crippen LogP contribution is -2.49. The third-order valence-electron chi connectivity index (χ3n) is 3.98. The minimum absolute atomic E-state index is 0.0104. The summed E-state index contributed by atoms with van der Waals surface area (Å²) in [5.41, 5.74) is 0.825. The van der Waals surface area contributed by atoms with Crippen LogP contribution >= 0.6 is 23.5 Å². The van der Waals surface area contributed by atoms with Crippen molar-refractivity contribution in [2.45, 2.75) is 37.0 Å².